The summed E-state index contributed by atoms with van der Waals surface area (Å²) in [6, 6.07) is 19.1. The fourth-order valence-corrected chi connectivity index (χ4v) is 3.68. The van der Waals surface area contributed by atoms with E-state index < -0.39 is 23.4 Å². The molecule has 0 unspecified atom stereocenters. The van der Waals surface area contributed by atoms with Crippen molar-refractivity contribution >= 4 is 45.1 Å². The Hall–Kier alpha value is -4.20. The van der Waals surface area contributed by atoms with Gasteiger partial charge in [0, 0.05) is 40.1 Å². The minimum Gasteiger partial charge on any atom is -0.452 e. The second-order valence-electron chi connectivity index (χ2n) is 6.89. The molecule has 0 radical (unpaired) electrons. The molecule has 3 aromatic carbocycles. The van der Waals surface area contributed by atoms with Crippen LogP contribution in [0.3, 0.4) is 0 Å². The number of benzene rings is 3. The maximum absolute atomic E-state index is 12.3. The molecule has 1 N–H and O–H groups in total. The minimum atomic E-state index is -0.927. The highest BCUT2D eigenvalue weighted by atomic mass is 16.6. The summed E-state index contributed by atoms with van der Waals surface area (Å²) in [5, 5.41) is 15.8. The SMILES string of the molecule is CCn1c2ccccc2c2cc(NC(=O)COC(=O)c3ccccc3[N+](=O)[O-])ccc21. The van der Waals surface area contributed by atoms with Crippen molar-refractivity contribution in [2.45, 2.75) is 13.5 Å². The first-order chi connectivity index (χ1) is 15.0. The molecule has 1 amide bonds. The third-order valence-corrected chi connectivity index (χ3v) is 5.03. The fraction of sp³-hybridized carbons (Fsp3) is 0.130. The molecule has 0 saturated heterocycles. The number of fused-ring (bicyclic) bond motifs is 3. The van der Waals surface area contributed by atoms with Crippen LogP contribution < -0.4 is 5.32 Å². The molecular formula is C23H19N3O5. The van der Waals surface area contributed by atoms with Crippen molar-refractivity contribution in [3.05, 3.63) is 82.4 Å². The first kappa shape index (κ1) is 20.1. The Bertz CT molecular complexity index is 1330. The highest BCUT2D eigenvalue weighted by Crippen LogP contribution is 2.31. The molecule has 0 aliphatic carbocycles. The van der Waals surface area contributed by atoms with Crippen LogP contribution in [-0.4, -0.2) is 28.0 Å². The summed E-state index contributed by atoms with van der Waals surface area (Å²) >= 11 is 0. The van der Waals surface area contributed by atoms with Crippen LogP contribution in [0.4, 0.5) is 11.4 Å². The lowest BCUT2D eigenvalue weighted by atomic mass is 10.1. The number of esters is 1. The smallest absolute Gasteiger partial charge is 0.345 e. The molecule has 8 nitrogen and oxygen atoms in total. The molecule has 0 fully saturated rings. The van der Waals surface area contributed by atoms with Gasteiger partial charge in [0.25, 0.3) is 11.6 Å². The van der Waals surface area contributed by atoms with Gasteiger partial charge < -0.3 is 14.6 Å². The van der Waals surface area contributed by atoms with E-state index in [-0.39, 0.29) is 11.3 Å². The molecule has 0 aliphatic rings. The summed E-state index contributed by atoms with van der Waals surface area (Å²) in [6.45, 7) is 2.34. The average molecular weight is 417 g/mol. The summed E-state index contributed by atoms with van der Waals surface area (Å²) in [5.41, 5.74) is 2.17. The minimum absolute atomic E-state index is 0.200. The van der Waals surface area contributed by atoms with E-state index in [9.17, 15) is 19.7 Å². The lowest BCUT2D eigenvalue weighted by Gasteiger charge is -2.08. The largest absolute Gasteiger partial charge is 0.452 e. The van der Waals surface area contributed by atoms with Crippen molar-refractivity contribution in [2.75, 3.05) is 11.9 Å². The lowest BCUT2D eigenvalue weighted by Crippen LogP contribution is -2.21. The number of nitro benzene ring substituents is 1. The van der Waals surface area contributed by atoms with Gasteiger partial charge in [0.1, 0.15) is 5.56 Å². The number of aromatic nitrogens is 1. The number of nitrogens with one attached hydrogen (secondary N) is 1. The summed E-state index contributed by atoms with van der Waals surface area (Å²) in [4.78, 5) is 34.9. The van der Waals surface area contributed by atoms with Gasteiger partial charge in [-0.2, -0.15) is 0 Å². The van der Waals surface area contributed by atoms with Gasteiger partial charge in [-0.1, -0.05) is 30.3 Å². The average Bonchev–Trinajstić information content (AvgIpc) is 3.10. The lowest BCUT2D eigenvalue weighted by molar-refractivity contribution is -0.385. The van der Waals surface area contributed by atoms with Crippen molar-refractivity contribution in [3.63, 3.8) is 0 Å². The Balaban J connectivity index is 1.50. The van der Waals surface area contributed by atoms with Crippen LogP contribution in [0.2, 0.25) is 0 Å². The topological polar surface area (TPSA) is 103 Å². The number of nitro groups is 1. The summed E-state index contributed by atoms with van der Waals surface area (Å²) in [7, 11) is 0. The number of hydrogen-bond acceptors (Lipinski definition) is 5. The number of nitrogens with zero attached hydrogens (tertiary/aromatic N) is 2. The number of para-hydroxylation sites is 2. The molecule has 0 aliphatic heterocycles. The van der Waals surface area contributed by atoms with E-state index >= 15 is 0 Å². The third kappa shape index (κ3) is 3.83. The quantitative estimate of drug-likeness (QED) is 0.282. The number of anilines is 1. The number of carbonyl (C=O) groups excluding carboxylic acids is 2. The van der Waals surface area contributed by atoms with Crippen LogP contribution in [0.5, 0.6) is 0 Å². The highest BCUT2D eigenvalue weighted by Gasteiger charge is 2.21. The molecule has 4 rings (SSSR count). The molecule has 0 spiro atoms. The maximum Gasteiger partial charge on any atom is 0.345 e. The van der Waals surface area contributed by atoms with Gasteiger partial charge in [0.2, 0.25) is 0 Å². The van der Waals surface area contributed by atoms with Crippen LogP contribution in [-0.2, 0) is 16.1 Å². The van der Waals surface area contributed by atoms with E-state index in [1.54, 1.807) is 6.07 Å². The number of rotatable bonds is 6. The zero-order valence-corrected chi connectivity index (χ0v) is 16.7. The van der Waals surface area contributed by atoms with E-state index in [2.05, 4.69) is 22.9 Å². The second-order valence-corrected chi connectivity index (χ2v) is 6.89. The van der Waals surface area contributed by atoms with Crippen LogP contribution in [0.1, 0.15) is 17.3 Å². The standard InChI is InChI=1S/C23H19N3O5/c1-2-25-19-9-5-3-7-16(19)18-13-15(11-12-20(18)25)24-22(27)14-31-23(28)17-8-4-6-10-21(17)26(29)30/h3-13H,2,14H2,1H3,(H,24,27). The number of aryl methyl sites for hydroxylation is 1. The first-order valence-corrected chi connectivity index (χ1v) is 9.71. The fourth-order valence-electron chi connectivity index (χ4n) is 3.68. The van der Waals surface area contributed by atoms with Crippen LogP contribution in [0.15, 0.2) is 66.7 Å². The van der Waals surface area contributed by atoms with Gasteiger partial charge in [-0.05, 0) is 37.3 Å². The third-order valence-electron chi connectivity index (χ3n) is 5.03. The normalized spacial score (nSPS) is 10.9. The van der Waals surface area contributed by atoms with Crippen LogP contribution in [0, 0.1) is 10.1 Å². The molecule has 0 bridgehead atoms. The maximum atomic E-state index is 12.3. The molecule has 31 heavy (non-hydrogen) atoms. The Morgan fingerprint density at radius 2 is 1.71 bits per heavy atom. The first-order valence-electron chi connectivity index (χ1n) is 9.71. The molecule has 156 valence electrons. The Labute approximate surface area is 177 Å². The summed E-state index contributed by atoms with van der Waals surface area (Å²) in [6.07, 6.45) is 0. The van der Waals surface area contributed by atoms with E-state index in [4.69, 9.17) is 4.74 Å². The monoisotopic (exact) mass is 417 g/mol. The van der Waals surface area contributed by atoms with Crippen molar-refractivity contribution in [1.82, 2.24) is 4.57 Å². The van der Waals surface area contributed by atoms with Crippen molar-refractivity contribution in [2.24, 2.45) is 0 Å². The molecule has 8 heteroatoms. The summed E-state index contributed by atoms with van der Waals surface area (Å²) in [5.74, 6) is -1.46. The van der Waals surface area contributed by atoms with E-state index in [1.807, 2.05) is 30.3 Å². The number of ether oxygens (including phenoxy) is 1. The molecular weight excluding hydrogens is 398 g/mol. The van der Waals surface area contributed by atoms with Gasteiger partial charge >= 0.3 is 5.97 Å². The van der Waals surface area contributed by atoms with Crippen molar-refractivity contribution in [1.29, 1.82) is 0 Å². The van der Waals surface area contributed by atoms with E-state index in [0.29, 0.717) is 5.69 Å². The predicted octanol–water partition coefficient (Wildman–Crippen LogP) is 4.52. The molecule has 1 heterocycles. The zero-order chi connectivity index (χ0) is 22.0. The summed E-state index contributed by atoms with van der Waals surface area (Å²) < 4.78 is 7.17. The molecule has 0 saturated carbocycles. The predicted molar refractivity (Wildman–Crippen MR) is 117 cm³/mol. The number of carbonyl (C=O) groups is 2. The van der Waals surface area contributed by atoms with E-state index in [1.165, 1.54) is 24.3 Å². The number of amides is 1. The second kappa shape index (κ2) is 8.27. The Kier molecular flexibility index (Phi) is 5.36. The van der Waals surface area contributed by atoms with Crippen molar-refractivity contribution in [3.8, 4) is 0 Å². The number of hydrogen-bond donors (Lipinski definition) is 1. The van der Waals surface area contributed by atoms with Gasteiger partial charge in [-0.3, -0.25) is 14.9 Å². The Morgan fingerprint density at radius 1 is 1.00 bits per heavy atom. The van der Waals surface area contributed by atoms with Gasteiger partial charge in [0.15, 0.2) is 6.61 Å². The molecule has 1 aromatic heterocycles. The van der Waals surface area contributed by atoms with E-state index in [0.717, 1.165) is 28.4 Å². The highest BCUT2D eigenvalue weighted by molar-refractivity contribution is 6.10. The van der Waals surface area contributed by atoms with Gasteiger partial charge in [0.05, 0.1) is 4.92 Å². The van der Waals surface area contributed by atoms with Crippen LogP contribution in [0.25, 0.3) is 21.8 Å². The zero-order valence-electron chi connectivity index (χ0n) is 16.7. The Morgan fingerprint density at radius 3 is 2.48 bits per heavy atom. The van der Waals surface area contributed by atoms with Gasteiger partial charge in [-0.15, -0.1) is 0 Å². The van der Waals surface area contributed by atoms with Crippen LogP contribution >= 0.6 is 0 Å². The van der Waals surface area contributed by atoms with Crippen molar-refractivity contribution < 1.29 is 19.2 Å². The molecule has 4 aromatic rings. The van der Waals surface area contributed by atoms with Gasteiger partial charge in [-0.25, -0.2) is 4.79 Å². The molecule has 0 atom stereocenters.